The van der Waals surface area contributed by atoms with Gasteiger partial charge < -0.3 is 10.4 Å². The lowest BCUT2D eigenvalue weighted by Crippen LogP contribution is -2.40. The molecule has 0 atom stereocenters. The third kappa shape index (κ3) is 6.19. The minimum atomic E-state index is -3.82. The molecule has 1 aromatic rings. The topological polar surface area (TPSA) is 95.5 Å². The highest BCUT2D eigenvalue weighted by Gasteiger charge is 2.25. The highest BCUT2D eigenvalue weighted by molar-refractivity contribution is 7.89. The number of carboxylic acids is 1. The van der Waals surface area contributed by atoms with Crippen LogP contribution >= 0.6 is 0 Å². The van der Waals surface area contributed by atoms with Gasteiger partial charge >= 0.3 is 5.97 Å². The summed E-state index contributed by atoms with van der Waals surface area (Å²) in [5.74, 6) is -1.16. The largest absolute Gasteiger partial charge is 0.478 e. The normalized spacial score (nSPS) is 12.2. The number of carboxylic acid groups (broad SMARTS) is 1. The molecule has 0 aliphatic heterocycles. The molecule has 23 heavy (non-hydrogen) atoms. The summed E-state index contributed by atoms with van der Waals surface area (Å²) in [7, 11) is -3.82. The smallest absolute Gasteiger partial charge is 0.335 e. The molecule has 130 valence electrons. The number of anilines is 1. The summed E-state index contributed by atoms with van der Waals surface area (Å²) in [5.41, 5.74) is -0.293. The number of sulfonamides is 1. The molecule has 3 N–H and O–H groups in total. The Labute approximate surface area is 138 Å². The van der Waals surface area contributed by atoms with Crippen molar-refractivity contribution in [2.24, 2.45) is 0 Å². The van der Waals surface area contributed by atoms with E-state index in [0.29, 0.717) is 12.2 Å². The van der Waals surface area contributed by atoms with E-state index in [-0.39, 0.29) is 10.5 Å². The SMILES string of the molecule is CCCCCNc1ccc(C(=O)O)cc1S(=O)(=O)NC(C)(C)C. The molecule has 0 aromatic heterocycles. The van der Waals surface area contributed by atoms with Gasteiger partial charge in [0, 0.05) is 12.1 Å². The van der Waals surface area contributed by atoms with Gasteiger partial charge in [-0.3, -0.25) is 0 Å². The van der Waals surface area contributed by atoms with Crippen molar-refractivity contribution in [2.75, 3.05) is 11.9 Å². The van der Waals surface area contributed by atoms with Crippen LogP contribution in [-0.4, -0.2) is 31.6 Å². The molecule has 6 nitrogen and oxygen atoms in total. The van der Waals surface area contributed by atoms with E-state index in [4.69, 9.17) is 5.11 Å². The summed E-state index contributed by atoms with van der Waals surface area (Å²) in [6.07, 6.45) is 3.03. The zero-order chi connectivity index (χ0) is 17.7. The first-order valence-electron chi connectivity index (χ1n) is 7.72. The Bertz CT molecular complexity index is 649. The Morgan fingerprint density at radius 2 is 1.87 bits per heavy atom. The lowest BCUT2D eigenvalue weighted by molar-refractivity contribution is 0.0696. The minimum Gasteiger partial charge on any atom is -0.478 e. The summed E-state index contributed by atoms with van der Waals surface area (Å²) in [6.45, 7) is 7.93. The van der Waals surface area contributed by atoms with Crippen LogP contribution in [0.15, 0.2) is 23.1 Å². The van der Waals surface area contributed by atoms with Crippen molar-refractivity contribution in [3.05, 3.63) is 23.8 Å². The van der Waals surface area contributed by atoms with Gasteiger partial charge in [0.25, 0.3) is 0 Å². The molecule has 0 saturated carbocycles. The molecular formula is C16H26N2O4S. The molecule has 0 amide bonds. The fourth-order valence-electron chi connectivity index (χ4n) is 2.08. The Morgan fingerprint density at radius 3 is 2.39 bits per heavy atom. The highest BCUT2D eigenvalue weighted by Crippen LogP contribution is 2.24. The van der Waals surface area contributed by atoms with Gasteiger partial charge in [-0.15, -0.1) is 0 Å². The summed E-state index contributed by atoms with van der Waals surface area (Å²) < 4.78 is 27.7. The zero-order valence-electron chi connectivity index (χ0n) is 14.1. The summed E-state index contributed by atoms with van der Waals surface area (Å²) >= 11 is 0. The van der Waals surface area contributed by atoms with E-state index in [1.807, 2.05) is 0 Å². The number of rotatable bonds is 8. The summed E-state index contributed by atoms with van der Waals surface area (Å²) in [6, 6.07) is 4.10. The van der Waals surface area contributed by atoms with E-state index < -0.39 is 21.5 Å². The van der Waals surface area contributed by atoms with Crippen LogP contribution < -0.4 is 10.0 Å². The first-order chi connectivity index (χ1) is 10.6. The number of hydrogen-bond acceptors (Lipinski definition) is 4. The number of benzene rings is 1. The van der Waals surface area contributed by atoms with Crippen LogP contribution in [0.5, 0.6) is 0 Å². The van der Waals surface area contributed by atoms with Crippen molar-refractivity contribution >= 4 is 21.7 Å². The van der Waals surface area contributed by atoms with Crippen molar-refractivity contribution in [3.8, 4) is 0 Å². The van der Waals surface area contributed by atoms with Crippen LogP contribution in [0.2, 0.25) is 0 Å². The van der Waals surface area contributed by atoms with Crippen molar-refractivity contribution < 1.29 is 18.3 Å². The highest BCUT2D eigenvalue weighted by atomic mass is 32.2. The molecule has 0 spiro atoms. The maximum Gasteiger partial charge on any atom is 0.335 e. The lowest BCUT2D eigenvalue weighted by atomic mass is 10.1. The molecule has 0 unspecified atom stereocenters. The van der Waals surface area contributed by atoms with Crippen LogP contribution in [0.4, 0.5) is 5.69 Å². The van der Waals surface area contributed by atoms with Gasteiger partial charge in [0.2, 0.25) is 10.0 Å². The number of nitrogens with one attached hydrogen (secondary N) is 2. The molecule has 1 rings (SSSR count). The second-order valence-corrected chi connectivity index (χ2v) is 8.16. The standard InChI is InChI=1S/C16H26N2O4S/c1-5-6-7-10-17-13-9-8-12(15(19)20)11-14(13)23(21,22)18-16(2,3)4/h8-9,11,17-18H,5-7,10H2,1-4H3,(H,19,20). The maximum atomic E-state index is 12.6. The van der Waals surface area contributed by atoms with Gasteiger partial charge in [-0.1, -0.05) is 19.8 Å². The molecule has 0 fully saturated rings. The Morgan fingerprint density at radius 1 is 1.22 bits per heavy atom. The molecule has 0 radical (unpaired) electrons. The van der Waals surface area contributed by atoms with Crippen LogP contribution in [-0.2, 0) is 10.0 Å². The fraction of sp³-hybridized carbons (Fsp3) is 0.562. The van der Waals surface area contributed by atoms with Crippen molar-refractivity contribution in [3.63, 3.8) is 0 Å². The number of hydrogen-bond donors (Lipinski definition) is 3. The predicted octanol–water partition coefficient (Wildman–Crippen LogP) is 3.06. The maximum absolute atomic E-state index is 12.6. The van der Waals surface area contributed by atoms with Crippen LogP contribution in [0.1, 0.15) is 57.3 Å². The molecule has 0 saturated heterocycles. The minimum absolute atomic E-state index is 0.0381. The van der Waals surface area contributed by atoms with Gasteiger partial charge in [-0.2, -0.15) is 0 Å². The van der Waals surface area contributed by atoms with Crippen LogP contribution in [0, 0.1) is 0 Å². The number of aromatic carboxylic acids is 1. The van der Waals surface area contributed by atoms with E-state index >= 15 is 0 Å². The third-order valence-corrected chi connectivity index (χ3v) is 4.85. The van der Waals surface area contributed by atoms with Gasteiger partial charge in [-0.05, 0) is 45.4 Å². The average molecular weight is 342 g/mol. The van der Waals surface area contributed by atoms with Crippen molar-refractivity contribution in [1.82, 2.24) is 4.72 Å². The summed E-state index contributed by atoms with van der Waals surface area (Å²) in [5, 5.41) is 12.2. The van der Waals surface area contributed by atoms with E-state index in [2.05, 4.69) is 17.0 Å². The molecule has 0 aliphatic carbocycles. The summed E-state index contributed by atoms with van der Waals surface area (Å²) in [4.78, 5) is 11.1. The zero-order valence-corrected chi connectivity index (χ0v) is 15.0. The predicted molar refractivity (Wildman–Crippen MR) is 91.5 cm³/mol. The third-order valence-electron chi connectivity index (χ3n) is 3.05. The number of unbranched alkanes of at least 4 members (excludes halogenated alkanes) is 2. The molecule has 1 aromatic carbocycles. The second kappa shape index (κ2) is 7.79. The van der Waals surface area contributed by atoms with Crippen molar-refractivity contribution in [2.45, 2.75) is 57.4 Å². The van der Waals surface area contributed by atoms with E-state index in [0.717, 1.165) is 19.3 Å². The molecular weight excluding hydrogens is 316 g/mol. The van der Waals surface area contributed by atoms with Gasteiger partial charge in [0.15, 0.2) is 0 Å². The quantitative estimate of drug-likeness (QED) is 0.631. The monoisotopic (exact) mass is 342 g/mol. The van der Waals surface area contributed by atoms with Crippen LogP contribution in [0.25, 0.3) is 0 Å². The molecule has 0 heterocycles. The average Bonchev–Trinajstić information content (AvgIpc) is 2.40. The second-order valence-electron chi connectivity index (χ2n) is 6.51. The van der Waals surface area contributed by atoms with E-state index in [1.54, 1.807) is 20.8 Å². The molecule has 7 heteroatoms. The molecule has 0 bridgehead atoms. The lowest BCUT2D eigenvalue weighted by Gasteiger charge is -2.22. The van der Waals surface area contributed by atoms with Crippen LogP contribution in [0.3, 0.4) is 0 Å². The first-order valence-corrected chi connectivity index (χ1v) is 9.20. The molecule has 0 aliphatic rings. The Hall–Kier alpha value is -1.60. The first kappa shape index (κ1) is 19.4. The van der Waals surface area contributed by atoms with E-state index in [9.17, 15) is 13.2 Å². The van der Waals surface area contributed by atoms with Gasteiger partial charge in [-0.25, -0.2) is 17.9 Å². The van der Waals surface area contributed by atoms with Crippen molar-refractivity contribution in [1.29, 1.82) is 0 Å². The van der Waals surface area contributed by atoms with E-state index in [1.165, 1.54) is 18.2 Å². The Balaban J connectivity index is 3.18. The van der Waals surface area contributed by atoms with Gasteiger partial charge in [0.1, 0.15) is 4.90 Å². The number of carbonyl (C=O) groups is 1. The van der Waals surface area contributed by atoms with Gasteiger partial charge in [0.05, 0.1) is 11.3 Å². The Kier molecular flexibility index (Phi) is 6.58. The fourth-order valence-corrected chi connectivity index (χ4v) is 3.71.